The molecule has 3 aromatic carbocycles. The van der Waals surface area contributed by atoms with Crippen molar-refractivity contribution in [2.45, 2.75) is 24.2 Å². The Balaban J connectivity index is 1.47. The monoisotopic (exact) mass is 505 g/mol. The Hall–Kier alpha value is -4.05. The average molecular weight is 506 g/mol. The molecule has 1 N–H and O–H groups in total. The number of benzene rings is 3. The van der Waals surface area contributed by atoms with E-state index < -0.39 is 21.3 Å². The molecule has 0 saturated heterocycles. The van der Waals surface area contributed by atoms with Crippen LogP contribution in [0.2, 0.25) is 0 Å². The molecule has 184 valence electrons. The van der Waals surface area contributed by atoms with Crippen molar-refractivity contribution in [1.29, 1.82) is 0 Å². The number of fused-ring (bicyclic) bond motifs is 3. The minimum atomic E-state index is -4.01. The van der Waals surface area contributed by atoms with Gasteiger partial charge in [0.05, 0.1) is 27.2 Å². The summed E-state index contributed by atoms with van der Waals surface area (Å²) in [7, 11) is -4.01. The lowest BCUT2D eigenvalue weighted by Gasteiger charge is -2.27. The van der Waals surface area contributed by atoms with Gasteiger partial charge in [0.2, 0.25) is 0 Å². The molecule has 36 heavy (non-hydrogen) atoms. The summed E-state index contributed by atoms with van der Waals surface area (Å²) in [5.74, 6) is 1.14. The smallest absolute Gasteiger partial charge is 0.333 e. The summed E-state index contributed by atoms with van der Waals surface area (Å²) < 4.78 is 41.6. The first-order valence-electron chi connectivity index (χ1n) is 11.7. The van der Waals surface area contributed by atoms with Crippen molar-refractivity contribution in [3.8, 4) is 17.2 Å². The highest BCUT2D eigenvalue weighted by atomic mass is 32.2. The van der Waals surface area contributed by atoms with E-state index in [0.717, 1.165) is 23.0 Å². The van der Waals surface area contributed by atoms with E-state index in [1.165, 1.54) is 22.5 Å². The van der Waals surface area contributed by atoms with Crippen LogP contribution < -0.4 is 25.0 Å². The highest BCUT2D eigenvalue weighted by Gasteiger charge is 2.30. The van der Waals surface area contributed by atoms with E-state index in [1.807, 2.05) is 6.07 Å². The number of anilines is 1. The Bertz CT molecular complexity index is 1720. The number of sulfonamides is 1. The van der Waals surface area contributed by atoms with Gasteiger partial charge in [-0.15, -0.1) is 0 Å². The Morgan fingerprint density at radius 1 is 0.861 bits per heavy atom. The predicted molar refractivity (Wildman–Crippen MR) is 135 cm³/mol. The summed E-state index contributed by atoms with van der Waals surface area (Å²) in [5.41, 5.74) is 0.861. The van der Waals surface area contributed by atoms with Crippen LogP contribution in [0.1, 0.15) is 18.4 Å². The van der Waals surface area contributed by atoms with Gasteiger partial charge in [-0.05, 0) is 61.2 Å². The molecule has 0 atom stereocenters. The van der Waals surface area contributed by atoms with Crippen LogP contribution in [-0.4, -0.2) is 37.7 Å². The molecule has 0 aliphatic carbocycles. The van der Waals surface area contributed by atoms with E-state index in [4.69, 9.17) is 9.47 Å². The van der Waals surface area contributed by atoms with Crippen LogP contribution in [0.4, 0.5) is 5.69 Å². The number of aromatic nitrogens is 2. The van der Waals surface area contributed by atoms with Crippen LogP contribution >= 0.6 is 0 Å². The number of aromatic amines is 1. The molecule has 0 saturated carbocycles. The summed E-state index contributed by atoms with van der Waals surface area (Å²) in [6.45, 7) is 1.15. The fourth-order valence-electron chi connectivity index (χ4n) is 4.80. The zero-order chi connectivity index (χ0) is 24.9. The van der Waals surface area contributed by atoms with Gasteiger partial charge >= 0.3 is 5.69 Å². The van der Waals surface area contributed by atoms with Gasteiger partial charge in [-0.25, -0.2) is 17.8 Å². The number of nitrogens with zero attached hydrogens (tertiary/aromatic N) is 2. The first kappa shape index (κ1) is 22.4. The summed E-state index contributed by atoms with van der Waals surface area (Å²) in [5, 5.41) is 0.332. The number of nitrogens with one attached hydrogen (secondary N) is 1. The quantitative estimate of drug-likeness (QED) is 0.458. The number of ether oxygens (including phenoxy) is 2. The number of hydrogen-bond acceptors (Lipinski definition) is 6. The van der Waals surface area contributed by atoms with Crippen LogP contribution in [0.25, 0.3) is 16.6 Å². The molecule has 2 aliphatic heterocycles. The number of rotatable bonds is 3. The summed E-state index contributed by atoms with van der Waals surface area (Å²) in [6, 6.07) is 16.2. The number of H-pyrrole nitrogens is 1. The highest BCUT2D eigenvalue weighted by molar-refractivity contribution is 7.92. The fourth-order valence-corrected chi connectivity index (χ4v) is 6.37. The van der Waals surface area contributed by atoms with Crippen molar-refractivity contribution in [2.75, 3.05) is 24.1 Å². The van der Waals surface area contributed by atoms with E-state index in [0.29, 0.717) is 54.3 Å². The van der Waals surface area contributed by atoms with Gasteiger partial charge in [0.1, 0.15) is 13.2 Å². The van der Waals surface area contributed by atoms with Crippen molar-refractivity contribution in [2.24, 2.45) is 0 Å². The van der Waals surface area contributed by atoms with E-state index in [2.05, 4.69) is 4.98 Å². The zero-order valence-corrected chi connectivity index (χ0v) is 20.1. The van der Waals surface area contributed by atoms with Crippen molar-refractivity contribution < 1.29 is 17.9 Å². The largest absolute Gasteiger partial charge is 0.486 e. The van der Waals surface area contributed by atoms with E-state index in [1.54, 1.807) is 36.4 Å². The van der Waals surface area contributed by atoms with E-state index >= 15 is 0 Å². The molecular weight excluding hydrogens is 482 g/mol. The second-order valence-corrected chi connectivity index (χ2v) is 10.6. The molecule has 0 fully saturated rings. The average Bonchev–Trinajstić information content (AvgIpc) is 3.10. The lowest BCUT2D eigenvalue weighted by Crippen LogP contribution is -2.34. The van der Waals surface area contributed by atoms with Gasteiger partial charge in [-0.3, -0.25) is 9.10 Å². The predicted octanol–water partition coefficient (Wildman–Crippen LogP) is 2.98. The van der Waals surface area contributed by atoms with Crippen LogP contribution in [-0.2, 0) is 16.4 Å². The van der Waals surface area contributed by atoms with Crippen LogP contribution in [0, 0.1) is 0 Å². The number of para-hydroxylation sites is 1. The lowest BCUT2D eigenvalue weighted by molar-refractivity contribution is 0.171. The van der Waals surface area contributed by atoms with Crippen molar-refractivity contribution >= 4 is 26.6 Å². The first-order valence-corrected chi connectivity index (χ1v) is 13.2. The Morgan fingerprint density at radius 3 is 2.47 bits per heavy atom. The standard InChI is InChI=1S/C26H23N3O6S/c30-25-20-9-1-2-10-21(20)27-26(31)29(25)18-7-5-8-19(15-18)36(32,33)28-11-4-3-6-17-14-23-24(16-22(17)28)35-13-12-34-23/h1-2,5,7-10,14-16H,3-4,6,11-13H2,(H,27,31). The highest BCUT2D eigenvalue weighted by Crippen LogP contribution is 2.40. The normalized spacial score (nSPS) is 15.4. The summed E-state index contributed by atoms with van der Waals surface area (Å²) >= 11 is 0. The molecule has 0 spiro atoms. The fraction of sp³-hybridized carbons (Fsp3) is 0.231. The minimum Gasteiger partial charge on any atom is -0.486 e. The van der Waals surface area contributed by atoms with E-state index in [9.17, 15) is 18.0 Å². The molecule has 4 aromatic rings. The zero-order valence-electron chi connectivity index (χ0n) is 19.3. The molecule has 3 heterocycles. The first-order chi connectivity index (χ1) is 17.4. The summed E-state index contributed by atoms with van der Waals surface area (Å²) in [4.78, 5) is 28.6. The van der Waals surface area contributed by atoms with Gasteiger partial charge in [0.25, 0.3) is 15.6 Å². The van der Waals surface area contributed by atoms with Gasteiger partial charge in [-0.1, -0.05) is 18.2 Å². The second-order valence-electron chi connectivity index (χ2n) is 8.77. The summed E-state index contributed by atoms with van der Waals surface area (Å²) in [6.07, 6.45) is 2.24. The lowest BCUT2D eigenvalue weighted by atomic mass is 10.1. The van der Waals surface area contributed by atoms with E-state index in [-0.39, 0.29) is 10.6 Å². The Labute approximate surface area is 206 Å². The van der Waals surface area contributed by atoms with Crippen molar-refractivity contribution in [3.63, 3.8) is 0 Å². The SMILES string of the molecule is O=c1[nH]c2ccccc2c(=O)n1-c1cccc(S(=O)(=O)N2CCCCc3cc4c(cc32)OCCO4)c1. The molecule has 2 aliphatic rings. The maximum Gasteiger partial charge on any atom is 0.333 e. The number of aryl methyl sites for hydroxylation is 1. The molecule has 0 radical (unpaired) electrons. The van der Waals surface area contributed by atoms with Crippen LogP contribution in [0.15, 0.2) is 75.1 Å². The molecule has 0 amide bonds. The third-order valence-electron chi connectivity index (χ3n) is 6.54. The van der Waals surface area contributed by atoms with Gasteiger partial charge in [0, 0.05) is 12.6 Å². The maximum absolute atomic E-state index is 13.9. The van der Waals surface area contributed by atoms with Crippen LogP contribution in [0.3, 0.4) is 0 Å². The molecule has 0 bridgehead atoms. The molecule has 6 rings (SSSR count). The van der Waals surface area contributed by atoms with Gasteiger partial charge in [0.15, 0.2) is 11.5 Å². The molecule has 10 heteroatoms. The topological polar surface area (TPSA) is 111 Å². The second kappa shape index (κ2) is 8.56. The van der Waals surface area contributed by atoms with Gasteiger partial charge < -0.3 is 14.5 Å². The van der Waals surface area contributed by atoms with Gasteiger partial charge in [-0.2, -0.15) is 0 Å². The van der Waals surface area contributed by atoms with Crippen molar-refractivity contribution in [3.05, 3.63) is 87.1 Å². The third kappa shape index (κ3) is 3.65. The van der Waals surface area contributed by atoms with Crippen molar-refractivity contribution in [1.82, 2.24) is 9.55 Å². The maximum atomic E-state index is 13.9. The molecule has 1 aromatic heterocycles. The number of hydrogen-bond donors (Lipinski definition) is 1. The third-order valence-corrected chi connectivity index (χ3v) is 8.35. The molecular formula is C26H23N3O6S. The Kier molecular flexibility index (Phi) is 5.33. The molecule has 0 unspecified atom stereocenters. The Morgan fingerprint density at radius 2 is 1.64 bits per heavy atom. The minimum absolute atomic E-state index is 0.0119. The molecule has 9 nitrogen and oxygen atoms in total. The van der Waals surface area contributed by atoms with Crippen LogP contribution in [0.5, 0.6) is 11.5 Å².